The number of aryl methyl sites for hydroxylation is 2. The third-order valence-corrected chi connectivity index (χ3v) is 6.66. The summed E-state index contributed by atoms with van der Waals surface area (Å²) in [5.41, 5.74) is 17.2. The molecule has 0 radical (unpaired) electrons. The Morgan fingerprint density at radius 2 is 1.89 bits per heavy atom. The number of rotatable bonds is 9. The number of nitrogens with zero attached hydrogens (tertiary/aromatic N) is 1. The van der Waals surface area contributed by atoms with Gasteiger partial charge in [0.25, 0.3) is 0 Å². The third-order valence-electron chi connectivity index (χ3n) is 6.66. The summed E-state index contributed by atoms with van der Waals surface area (Å²) in [7, 11) is 0. The molecule has 0 aliphatic carbocycles. The predicted octanol–water partition coefficient (Wildman–Crippen LogP) is 8.82. The van der Waals surface area contributed by atoms with Crippen LogP contribution in [0.3, 0.4) is 0 Å². The van der Waals surface area contributed by atoms with Gasteiger partial charge in [0.15, 0.2) is 0 Å². The Morgan fingerprint density at radius 3 is 2.63 bits per heavy atom. The highest BCUT2D eigenvalue weighted by atomic mass is 15.2. The topological polar surface area (TPSA) is 29.3 Å². The molecule has 0 spiro atoms. The zero-order valence-corrected chi connectivity index (χ0v) is 22.3. The van der Waals surface area contributed by atoms with E-state index in [1.54, 1.807) is 0 Å². The summed E-state index contributed by atoms with van der Waals surface area (Å²) in [5, 5.41) is 0. The molecule has 0 aromatic heterocycles. The Hall–Kier alpha value is -3.26. The number of nitrogens with two attached hydrogens (primary N) is 1. The molecule has 1 unspecified atom stereocenters. The number of fused-ring (bicyclic) bond motifs is 1. The van der Waals surface area contributed by atoms with Crippen LogP contribution in [-0.2, 0) is 12.8 Å². The van der Waals surface area contributed by atoms with Crippen molar-refractivity contribution in [1.82, 2.24) is 0 Å². The average Bonchev–Trinajstić information content (AvgIpc) is 2.82. The lowest BCUT2D eigenvalue weighted by Gasteiger charge is -2.39. The molecule has 2 aromatic carbocycles. The zero-order valence-electron chi connectivity index (χ0n) is 22.3. The molecule has 35 heavy (non-hydrogen) atoms. The summed E-state index contributed by atoms with van der Waals surface area (Å²) < 4.78 is 0. The van der Waals surface area contributed by atoms with Crippen molar-refractivity contribution < 1.29 is 0 Å². The highest BCUT2D eigenvalue weighted by Crippen LogP contribution is 2.36. The van der Waals surface area contributed by atoms with Gasteiger partial charge in [-0.1, -0.05) is 72.4 Å². The average molecular weight is 467 g/mol. The predicted molar refractivity (Wildman–Crippen MR) is 156 cm³/mol. The summed E-state index contributed by atoms with van der Waals surface area (Å²) in [6.45, 7) is 15.4. The molecule has 1 atom stereocenters. The molecule has 0 bridgehead atoms. The molecular weight excluding hydrogens is 424 g/mol. The Labute approximate surface area is 213 Å². The van der Waals surface area contributed by atoms with Crippen molar-refractivity contribution in [3.05, 3.63) is 112 Å². The van der Waals surface area contributed by atoms with Gasteiger partial charge in [-0.05, 0) is 102 Å². The van der Waals surface area contributed by atoms with E-state index in [2.05, 4.69) is 113 Å². The molecule has 0 saturated heterocycles. The second-order valence-corrected chi connectivity index (χ2v) is 9.98. The van der Waals surface area contributed by atoms with Crippen LogP contribution >= 0.6 is 0 Å². The van der Waals surface area contributed by atoms with Crippen LogP contribution in [0.4, 0.5) is 11.4 Å². The van der Waals surface area contributed by atoms with E-state index in [0.717, 1.165) is 43.4 Å². The molecule has 2 nitrogen and oxygen atoms in total. The standard InChI is InChI=1S/C33H42N2/c1-7-8-18-32(35-27(6)20-21-29-14-9-10-19-33(29)35)26(5)23-25(4)13-11-15-28-16-12-17-31(34)30(28)22-24(2)3/h7-10,12,14,16-19,22-23,27H,5,11,13,15,20-21,34H2,1-4,6H3/b8-7-,25-23-,32-18+. The molecule has 2 heteroatoms. The number of anilines is 2. The Bertz CT molecular complexity index is 1160. The SMILES string of the molecule is C=C(/C=C(/C)CCCc1cccc(N)c1C=C(C)C)/C(=C\C=C/C)N1c2ccccc2CCC1C. The number of hydrogen-bond acceptors (Lipinski definition) is 2. The van der Waals surface area contributed by atoms with Gasteiger partial charge in [0, 0.05) is 28.7 Å². The van der Waals surface area contributed by atoms with Crippen LogP contribution in [0, 0.1) is 0 Å². The lowest BCUT2D eigenvalue weighted by molar-refractivity contribution is 0.603. The molecule has 1 aliphatic heterocycles. The summed E-state index contributed by atoms with van der Waals surface area (Å²) in [6, 6.07) is 15.5. The summed E-state index contributed by atoms with van der Waals surface area (Å²) >= 11 is 0. The molecule has 3 rings (SSSR count). The Balaban J connectivity index is 1.77. The monoisotopic (exact) mass is 466 g/mol. The first-order valence-corrected chi connectivity index (χ1v) is 12.9. The van der Waals surface area contributed by atoms with Gasteiger partial charge in [-0.2, -0.15) is 0 Å². The van der Waals surface area contributed by atoms with Crippen LogP contribution < -0.4 is 10.6 Å². The Morgan fingerprint density at radius 1 is 1.11 bits per heavy atom. The molecular formula is C33H42N2. The van der Waals surface area contributed by atoms with Crippen molar-refractivity contribution in [2.75, 3.05) is 10.6 Å². The molecule has 1 heterocycles. The van der Waals surface area contributed by atoms with Crippen molar-refractivity contribution in [3.8, 4) is 0 Å². The normalized spacial score (nSPS) is 16.4. The highest BCUT2D eigenvalue weighted by Gasteiger charge is 2.26. The second-order valence-electron chi connectivity index (χ2n) is 9.98. The quantitative estimate of drug-likeness (QED) is 0.295. The van der Waals surface area contributed by atoms with Crippen LogP contribution in [0.15, 0.2) is 95.8 Å². The summed E-state index contributed by atoms with van der Waals surface area (Å²) in [4.78, 5) is 2.48. The van der Waals surface area contributed by atoms with E-state index >= 15 is 0 Å². The first-order valence-electron chi connectivity index (χ1n) is 12.9. The molecule has 1 aliphatic rings. The number of benzene rings is 2. The zero-order chi connectivity index (χ0) is 25.4. The molecule has 0 saturated carbocycles. The number of nitrogen functional groups attached to an aromatic ring is 1. The van der Waals surface area contributed by atoms with Crippen molar-refractivity contribution in [3.63, 3.8) is 0 Å². The van der Waals surface area contributed by atoms with Gasteiger partial charge in [0.05, 0.1) is 0 Å². The van der Waals surface area contributed by atoms with E-state index < -0.39 is 0 Å². The summed E-state index contributed by atoms with van der Waals surface area (Å²) in [5.74, 6) is 0. The van der Waals surface area contributed by atoms with Crippen molar-refractivity contribution in [2.24, 2.45) is 0 Å². The van der Waals surface area contributed by atoms with Crippen LogP contribution in [0.25, 0.3) is 6.08 Å². The lowest BCUT2D eigenvalue weighted by atomic mass is 9.94. The van der Waals surface area contributed by atoms with Crippen molar-refractivity contribution >= 4 is 17.5 Å². The minimum atomic E-state index is 0.434. The van der Waals surface area contributed by atoms with E-state index in [4.69, 9.17) is 5.73 Å². The number of para-hydroxylation sites is 1. The van der Waals surface area contributed by atoms with Crippen molar-refractivity contribution in [2.45, 2.75) is 72.8 Å². The van der Waals surface area contributed by atoms with Gasteiger partial charge >= 0.3 is 0 Å². The highest BCUT2D eigenvalue weighted by molar-refractivity contribution is 5.69. The van der Waals surface area contributed by atoms with E-state index in [-0.39, 0.29) is 0 Å². The minimum Gasteiger partial charge on any atom is -0.398 e. The number of allylic oxidation sites excluding steroid dienone is 6. The number of hydrogen-bond donors (Lipinski definition) is 1. The summed E-state index contributed by atoms with van der Waals surface area (Å²) in [6.07, 6.45) is 16.3. The van der Waals surface area contributed by atoms with E-state index in [0.29, 0.717) is 6.04 Å². The van der Waals surface area contributed by atoms with Gasteiger partial charge in [-0.25, -0.2) is 0 Å². The molecule has 2 N–H and O–H groups in total. The van der Waals surface area contributed by atoms with Crippen LogP contribution in [-0.4, -0.2) is 6.04 Å². The van der Waals surface area contributed by atoms with Gasteiger partial charge in [0.2, 0.25) is 0 Å². The van der Waals surface area contributed by atoms with Gasteiger partial charge in [-0.3, -0.25) is 0 Å². The minimum absolute atomic E-state index is 0.434. The van der Waals surface area contributed by atoms with Gasteiger partial charge < -0.3 is 10.6 Å². The van der Waals surface area contributed by atoms with Crippen LogP contribution in [0.1, 0.15) is 70.6 Å². The maximum absolute atomic E-state index is 6.27. The van der Waals surface area contributed by atoms with Crippen molar-refractivity contribution in [1.29, 1.82) is 0 Å². The fourth-order valence-corrected chi connectivity index (χ4v) is 4.90. The molecule has 0 fully saturated rings. The Kier molecular flexibility index (Phi) is 9.37. The molecule has 2 aromatic rings. The maximum Gasteiger partial charge on any atom is 0.0480 e. The van der Waals surface area contributed by atoms with Gasteiger partial charge in [0.1, 0.15) is 0 Å². The largest absolute Gasteiger partial charge is 0.398 e. The smallest absolute Gasteiger partial charge is 0.0480 e. The van der Waals surface area contributed by atoms with Gasteiger partial charge in [-0.15, -0.1) is 0 Å². The fraction of sp³-hybridized carbons (Fsp3) is 0.333. The van der Waals surface area contributed by atoms with E-state index in [1.807, 2.05) is 6.07 Å². The maximum atomic E-state index is 6.27. The molecule has 0 amide bonds. The van der Waals surface area contributed by atoms with E-state index in [1.165, 1.54) is 39.2 Å². The molecule has 184 valence electrons. The van der Waals surface area contributed by atoms with E-state index in [9.17, 15) is 0 Å². The lowest BCUT2D eigenvalue weighted by Crippen LogP contribution is -2.37. The van der Waals surface area contributed by atoms with Crippen LogP contribution in [0.5, 0.6) is 0 Å². The second kappa shape index (κ2) is 12.4. The first-order chi connectivity index (χ1) is 16.8. The first kappa shape index (κ1) is 26.3. The third kappa shape index (κ3) is 6.88. The fourth-order valence-electron chi connectivity index (χ4n) is 4.90. The van der Waals surface area contributed by atoms with Crippen LogP contribution in [0.2, 0.25) is 0 Å².